The predicted molar refractivity (Wildman–Crippen MR) is 70.6 cm³/mol. The van der Waals surface area contributed by atoms with Gasteiger partial charge in [-0.25, -0.2) is 0 Å². The molecule has 0 spiro atoms. The minimum atomic E-state index is -0.846. The van der Waals surface area contributed by atoms with E-state index in [0.717, 1.165) is 5.69 Å². The minimum absolute atomic E-state index is 0.0690. The van der Waals surface area contributed by atoms with E-state index in [1.807, 2.05) is 0 Å². The van der Waals surface area contributed by atoms with Gasteiger partial charge in [0, 0.05) is 17.1 Å². The number of halogens is 1. The molecule has 0 fully saturated rings. The summed E-state index contributed by atoms with van der Waals surface area (Å²) in [6.45, 7) is 1.75. The van der Waals surface area contributed by atoms with Crippen LogP contribution in [0.1, 0.15) is 26.2 Å². The molecule has 1 unspecified atom stereocenters. The molecular weight excluding hydrogens is 252 g/mol. The Morgan fingerprint density at radius 1 is 1.50 bits per heavy atom. The summed E-state index contributed by atoms with van der Waals surface area (Å²) in [6, 6.07) is 9.22. The van der Waals surface area contributed by atoms with Crippen molar-refractivity contribution in [2.45, 2.75) is 31.7 Å². The van der Waals surface area contributed by atoms with Crippen LogP contribution in [0.3, 0.4) is 0 Å². The Labute approximate surface area is 111 Å². The van der Waals surface area contributed by atoms with E-state index in [-0.39, 0.29) is 6.42 Å². The maximum atomic E-state index is 10.5. The molecule has 0 aromatic heterocycles. The number of carboxylic acids is 1. The Bertz CT molecular complexity index is 453. The van der Waals surface area contributed by atoms with Gasteiger partial charge < -0.3 is 10.4 Å². The molecule has 1 atom stereocenters. The van der Waals surface area contributed by atoms with E-state index < -0.39 is 11.5 Å². The highest BCUT2D eigenvalue weighted by molar-refractivity contribution is 6.30. The number of anilines is 1. The van der Waals surface area contributed by atoms with Crippen molar-refractivity contribution in [3.63, 3.8) is 0 Å². The zero-order valence-electron chi connectivity index (χ0n) is 10.1. The van der Waals surface area contributed by atoms with E-state index in [9.17, 15) is 10.1 Å². The molecule has 2 N–H and O–H groups in total. The molecule has 1 aromatic rings. The van der Waals surface area contributed by atoms with E-state index in [4.69, 9.17) is 16.7 Å². The zero-order valence-corrected chi connectivity index (χ0v) is 10.9. The van der Waals surface area contributed by atoms with E-state index in [2.05, 4.69) is 11.4 Å². The summed E-state index contributed by atoms with van der Waals surface area (Å²) in [5, 5.41) is 21.5. The monoisotopic (exact) mass is 266 g/mol. The second-order valence-corrected chi connectivity index (χ2v) is 4.76. The molecular formula is C13H15ClN2O2. The van der Waals surface area contributed by atoms with Gasteiger partial charge in [-0.2, -0.15) is 5.26 Å². The SMILES string of the molecule is CC(C#N)(CCCC(=O)O)Nc1ccc(Cl)cc1. The normalized spacial score (nSPS) is 13.4. The molecule has 18 heavy (non-hydrogen) atoms. The molecule has 0 aliphatic carbocycles. The molecule has 0 saturated carbocycles. The van der Waals surface area contributed by atoms with Crippen molar-refractivity contribution in [1.29, 1.82) is 5.26 Å². The number of carboxylic acid groups (broad SMARTS) is 1. The van der Waals surface area contributed by atoms with E-state index in [1.165, 1.54) is 0 Å². The third kappa shape index (κ3) is 4.64. The molecule has 0 aliphatic heterocycles. The fraction of sp³-hybridized carbons (Fsp3) is 0.385. The molecule has 1 rings (SSSR count). The summed E-state index contributed by atoms with van der Waals surface area (Å²) >= 11 is 5.78. The van der Waals surface area contributed by atoms with Crippen molar-refractivity contribution >= 4 is 23.3 Å². The highest BCUT2D eigenvalue weighted by Crippen LogP contribution is 2.21. The molecule has 0 bridgehead atoms. The second-order valence-electron chi connectivity index (χ2n) is 4.32. The molecule has 0 aliphatic rings. The van der Waals surface area contributed by atoms with E-state index in [0.29, 0.717) is 17.9 Å². The first-order valence-electron chi connectivity index (χ1n) is 5.62. The summed E-state index contributed by atoms with van der Waals surface area (Å²) in [6.07, 6.45) is 0.998. The van der Waals surface area contributed by atoms with Crippen molar-refractivity contribution < 1.29 is 9.90 Å². The lowest BCUT2D eigenvalue weighted by molar-refractivity contribution is -0.137. The van der Waals surface area contributed by atoms with Gasteiger partial charge in [0.2, 0.25) is 0 Å². The maximum absolute atomic E-state index is 10.5. The number of rotatable bonds is 6. The number of carbonyl (C=O) groups is 1. The Morgan fingerprint density at radius 2 is 2.11 bits per heavy atom. The quantitative estimate of drug-likeness (QED) is 0.829. The second kappa shape index (κ2) is 6.27. The van der Waals surface area contributed by atoms with Crippen molar-refractivity contribution in [3.8, 4) is 6.07 Å². The number of nitrogens with zero attached hydrogens (tertiary/aromatic N) is 1. The maximum Gasteiger partial charge on any atom is 0.303 e. The van der Waals surface area contributed by atoms with Crippen LogP contribution in [0.5, 0.6) is 0 Å². The van der Waals surface area contributed by atoms with Crippen LogP contribution in [0.15, 0.2) is 24.3 Å². The van der Waals surface area contributed by atoms with Gasteiger partial charge in [0.15, 0.2) is 0 Å². The van der Waals surface area contributed by atoms with Crippen molar-refractivity contribution in [1.82, 2.24) is 0 Å². The Kier molecular flexibility index (Phi) is 4.99. The smallest absolute Gasteiger partial charge is 0.303 e. The molecule has 4 nitrogen and oxygen atoms in total. The van der Waals surface area contributed by atoms with Gasteiger partial charge >= 0.3 is 5.97 Å². The number of benzene rings is 1. The lowest BCUT2D eigenvalue weighted by atomic mass is 9.96. The summed E-state index contributed by atoms with van der Waals surface area (Å²) in [7, 11) is 0. The van der Waals surface area contributed by atoms with Crippen LogP contribution in [-0.4, -0.2) is 16.6 Å². The highest BCUT2D eigenvalue weighted by Gasteiger charge is 2.23. The first-order chi connectivity index (χ1) is 8.45. The Balaban J connectivity index is 2.62. The number of aliphatic carboxylic acids is 1. The highest BCUT2D eigenvalue weighted by atomic mass is 35.5. The average Bonchev–Trinajstić information content (AvgIpc) is 2.32. The molecule has 0 radical (unpaired) electrons. The average molecular weight is 267 g/mol. The number of hydrogen-bond acceptors (Lipinski definition) is 3. The number of nitrogens with one attached hydrogen (secondary N) is 1. The molecule has 1 aromatic carbocycles. The fourth-order valence-corrected chi connectivity index (χ4v) is 1.72. The largest absolute Gasteiger partial charge is 0.481 e. The molecule has 0 heterocycles. The van der Waals surface area contributed by atoms with E-state index >= 15 is 0 Å². The van der Waals surface area contributed by atoms with Gasteiger partial charge in [0.25, 0.3) is 0 Å². The lowest BCUT2D eigenvalue weighted by Gasteiger charge is -2.24. The van der Waals surface area contributed by atoms with Gasteiger partial charge in [0.1, 0.15) is 5.54 Å². The molecule has 96 valence electrons. The standard InChI is InChI=1S/C13H15ClN2O2/c1-13(9-15,8-2-3-12(17)18)16-11-6-4-10(14)5-7-11/h4-7,16H,2-3,8H2,1H3,(H,17,18). The molecule has 0 amide bonds. The third-order valence-corrected chi connectivity index (χ3v) is 2.83. The third-order valence-electron chi connectivity index (χ3n) is 2.58. The Morgan fingerprint density at radius 3 is 2.61 bits per heavy atom. The zero-order chi connectivity index (χ0) is 13.6. The lowest BCUT2D eigenvalue weighted by Crippen LogP contribution is -2.32. The van der Waals surface area contributed by atoms with Crippen LogP contribution in [0.4, 0.5) is 5.69 Å². The first kappa shape index (κ1) is 14.3. The fourth-order valence-electron chi connectivity index (χ4n) is 1.59. The molecule has 5 heteroatoms. The van der Waals surface area contributed by atoms with Crippen LogP contribution in [0, 0.1) is 11.3 Å². The van der Waals surface area contributed by atoms with Crippen LogP contribution >= 0.6 is 11.6 Å². The van der Waals surface area contributed by atoms with Gasteiger partial charge in [-0.1, -0.05) is 11.6 Å². The first-order valence-corrected chi connectivity index (χ1v) is 6.00. The summed E-state index contributed by atoms with van der Waals surface area (Å²) in [5.74, 6) is -0.846. The number of hydrogen-bond donors (Lipinski definition) is 2. The van der Waals surface area contributed by atoms with Crippen LogP contribution in [0.25, 0.3) is 0 Å². The minimum Gasteiger partial charge on any atom is -0.481 e. The van der Waals surface area contributed by atoms with Crippen LogP contribution in [0.2, 0.25) is 5.02 Å². The predicted octanol–water partition coefficient (Wildman–Crippen LogP) is 3.29. The Hall–Kier alpha value is -1.73. The van der Waals surface area contributed by atoms with Gasteiger partial charge in [-0.3, -0.25) is 4.79 Å². The van der Waals surface area contributed by atoms with Crippen LogP contribution < -0.4 is 5.32 Å². The number of nitriles is 1. The summed E-state index contributed by atoms with van der Waals surface area (Å²) < 4.78 is 0. The topological polar surface area (TPSA) is 73.1 Å². The van der Waals surface area contributed by atoms with Crippen molar-refractivity contribution in [2.24, 2.45) is 0 Å². The van der Waals surface area contributed by atoms with Crippen molar-refractivity contribution in [3.05, 3.63) is 29.3 Å². The van der Waals surface area contributed by atoms with Crippen LogP contribution in [-0.2, 0) is 4.79 Å². The molecule has 0 saturated heterocycles. The van der Waals surface area contributed by atoms with Crippen molar-refractivity contribution in [2.75, 3.05) is 5.32 Å². The van der Waals surface area contributed by atoms with Gasteiger partial charge in [-0.15, -0.1) is 0 Å². The van der Waals surface area contributed by atoms with Gasteiger partial charge in [-0.05, 0) is 44.0 Å². The van der Waals surface area contributed by atoms with E-state index in [1.54, 1.807) is 31.2 Å². The summed E-state index contributed by atoms with van der Waals surface area (Å²) in [5.41, 5.74) is 0.0160. The summed E-state index contributed by atoms with van der Waals surface area (Å²) in [4.78, 5) is 10.5. The van der Waals surface area contributed by atoms with Gasteiger partial charge in [0.05, 0.1) is 6.07 Å².